The van der Waals surface area contributed by atoms with Gasteiger partial charge in [0.25, 0.3) is 0 Å². The average molecular weight is 337 g/mol. The van der Waals surface area contributed by atoms with Gasteiger partial charge < -0.3 is 14.6 Å². The molecule has 1 amide bonds. The second-order valence-corrected chi connectivity index (χ2v) is 7.50. The summed E-state index contributed by atoms with van der Waals surface area (Å²) in [5.41, 5.74) is 5.33. The monoisotopic (exact) mass is 337 g/mol. The number of fused-ring (bicyclic) bond motifs is 2. The van der Waals surface area contributed by atoms with E-state index in [9.17, 15) is 4.79 Å². The van der Waals surface area contributed by atoms with Crippen molar-refractivity contribution < 1.29 is 9.53 Å². The Balaban J connectivity index is 1.43. The minimum atomic E-state index is -0.159. The van der Waals surface area contributed by atoms with Crippen LogP contribution in [0, 0.1) is 5.92 Å². The van der Waals surface area contributed by atoms with E-state index < -0.39 is 0 Å². The molecular weight excluding hydrogens is 314 g/mol. The molecular formula is C20H23N3O2. The van der Waals surface area contributed by atoms with Crippen molar-refractivity contribution in [3.05, 3.63) is 41.6 Å². The van der Waals surface area contributed by atoms with Gasteiger partial charge in [0.05, 0.1) is 0 Å². The summed E-state index contributed by atoms with van der Waals surface area (Å²) in [6.07, 6.45) is 6.47. The SMILES string of the molecule is CN1CC(COC(=O)N2CCC2)C=C2c3cccc4[nH]cc(c34)C[C@@H]21. The van der Waals surface area contributed by atoms with E-state index in [0.717, 1.165) is 32.5 Å². The molecule has 1 N–H and O–H groups in total. The molecule has 0 radical (unpaired) electrons. The number of hydrogen-bond donors (Lipinski definition) is 1. The lowest BCUT2D eigenvalue weighted by atomic mass is 9.80. The quantitative estimate of drug-likeness (QED) is 0.917. The molecule has 5 nitrogen and oxygen atoms in total. The third kappa shape index (κ3) is 2.37. The van der Waals surface area contributed by atoms with Crippen molar-refractivity contribution in [3.63, 3.8) is 0 Å². The van der Waals surface area contributed by atoms with Gasteiger partial charge in [-0.1, -0.05) is 18.2 Å². The molecule has 0 bridgehead atoms. The smallest absolute Gasteiger partial charge is 0.409 e. The van der Waals surface area contributed by atoms with E-state index in [0.29, 0.717) is 12.6 Å². The first kappa shape index (κ1) is 15.0. The van der Waals surface area contributed by atoms with Crippen molar-refractivity contribution in [1.29, 1.82) is 0 Å². The minimum absolute atomic E-state index is 0.159. The fourth-order valence-electron chi connectivity index (χ4n) is 4.42. The van der Waals surface area contributed by atoms with Gasteiger partial charge >= 0.3 is 6.09 Å². The van der Waals surface area contributed by atoms with Gasteiger partial charge in [-0.15, -0.1) is 0 Å². The number of likely N-dealkylation sites (N-methyl/N-ethyl adjacent to an activating group) is 1. The molecule has 25 heavy (non-hydrogen) atoms. The van der Waals surface area contributed by atoms with Gasteiger partial charge in [0.15, 0.2) is 0 Å². The maximum Gasteiger partial charge on any atom is 0.409 e. The van der Waals surface area contributed by atoms with Crippen LogP contribution in [0.25, 0.3) is 16.5 Å². The number of rotatable bonds is 2. The maximum absolute atomic E-state index is 12.0. The van der Waals surface area contributed by atoms with E-state index in [1.165, 1.54) is 27.6 Å². The van der Waals surface area contributed by atoms with Crippen molar-refractivity contribution in [2.75, 3.05) is 33.3 Å². The number of carbonyl (C=O) groups excluding carboxylic acids is 1. The average Bonchev–Trinajstić information content (AvgIpc) is 2.97. The summed E-state index contributed by atoms with van der Waals surface area (Å²) in [5.74, 6) is 0.247. The number of carbonyl (C=O) groups is 1. The molecule has 5 rings (SSSR count). The number of H-pyrrole nitrogens is 1. The molecule has 3 aliphatic rings. The first-order valence-electron chi connectivity index (χ1n) is 9.13. The second kappa shape index (κ2) is 5.63. The van der Waals surface area contributed by atoms with Gasteiger partial charge in [-0.3, -0.25) is 4.90 Å². The number of ether oxygens (including phenoxy) is 1. The Morgan fingerprint density at radius 1 is 1.36 bits per heavy atom. The number of nitrogens with one attached hydrogen (secondary N) is 1. The minimum Gasteiger partial charge on any atom is -0.449 e. The van der Waals surface area contributed by atoms with E-state index in [2.05, 4.69) is 47.4 Å². The van der Waals surface area contributed by atoms with Gasteiger partial charge in [0.1, 0.15) is 6.61 Å². The van der Waals surface area contributed by atoms with Crippen molar-refractivity contribution in [3.8, 4) is 0 Å². The summed E-state index contributed by atoms with van der Waals surface area (Å²) in [7, 11) is 2.18. The van der Waals surface area contributed by atoms with Crippen LogP contribution < -0.4 is 0 Å². The largest absolute Gasteiger partial charge is 0.449 e. The third-order valence-electron chi connectivity index (χ3n) is 5.88. The number of aromatic nitrogens is 1. The van der Waals surface area contributed by atoms with Crippen molar-refractivity contribution in [1.82, 2.24) is 14.8 Å². The van der Waals surface area contributed by atoms with Crippen LogP contribution in [0.3, 0.4) is 0 Å². The summed E-state index contributed by atoms with van der Waals surface area (Å²) in [4.78, 5) is 19.6. The van der Waals surface area contributed by atoms with Gasteiger partial charge in [-0.25, -0.2) is 4.79 Å². The van der Waals surface area contributed by atoms with Crippen LogP contribution in [0.1, 0.15) is 17.5 Å². The van der Waals surface area contributed by atoms with Crippen LogP contribution in [0.2, 0.25) is 0 Å². The molecule has 130 valence electrons. The Kier molecular flexibility index (Phi) is 3.38. The third-order valence-corrected chi connectivity index (χ3v) is 5.88. The highest BCUT2D eigenvalue weighted by Gasteiger charge is 2.34. The number of benzene rings is 1. The molecule has 2 aromatic rings. The lowest BCUT2D eigenvalue weighted by Crippen LogP contribution is -2.45. The molecule has 1 aromatic carbocycles. The lowest BCUT2D eigenvalue weighted by molar-refractivity contribution is 0.0673. The standard InChI is InChI=1S/C20H23N3O2/c1-22-11-13(12-25-20(24)23-6-3-7-23)8-16-15-4-2-5-17-19(15)14(10-21-17)9-18(16)22/h2,4-5,8,10,13,18,21H,3,6-7,9,11-12H2,1H3/t13?,18-/m0/s1. The lowest BCUT2D eigenvalue weighted by Gasteiger charge is -2.40. The molecule has 1 aromatic heterocycles. The zero-order valence-corrected chi connectivity index (χ0v) is 14.5. The van der Waals surface area contributed by atoms with E-state index in [1.807, 2.05) is 0 Å². The Bertz CT molecular complexity index is 865. The molecule has 2 atom stereocenters. The van der Waals surface area contributed by atoms with Crippen LogP contribution in [-0.2, 0) is 11.2 Å². The first-order chi connectivity index (χ1) is 12.2. The molecule has 2 aliphatic heterocycles. The topological polar surface area (TPSA) is 48.6 Å². The van der Waals surface area contributed by atoms with E-state index in [4.69, 9.17) is 4.74 Å². The van der Waals surface area contributed by atoms with Crippen LogP contribution in [-0.4, -0.2) is 60.2 Å². The Labute approximate surface area is 147 Å². The molecule has 1 aliphatic carbocycles. The van der Waals surface area contributed by atoms with Crippen molar-refractivity contribution in [2.24, 2.45) is 5.92 Å². The summed E-state index contributed by atoms with van der Waals surface area (Å²) in [5, 5.41) is 1.36. The predicted molar refractivity (Wildman–Crippen MR) is 97.4 cm³/mol. The second-order valence-electron chi connectivity index (χ2n) is 7.50. The molecule has 5 heteroatoms. The Hall–Kier alpha value is -2.27. The van der Waals surface area contributed by atoms with Crippen molar-refractivity contribution in [2.45, 2.75) is 18.9 Å². The zero-order chi connectivity index (χ0) is 17.0. The number of aromatic amines is 1. The van der Waals surface area contributed by atoms with Crippen LogP contribution >= 0.6 is 0 Å². The first-order valence-corrected chi connectivity index (χ1v) is 9.13. The maximum atomic E-state index is 12.0. The molecule has 0 saturated carbocycles. The van der Waals surface area contributed by atoms with Crippen LogP contribution in [0.4, 0.5) is 4.79 Å². The zero-order valence-electron chi connectivity index (χ0n) is 14.5. The van der Waals surface area contributed by atoms with Gasteiger partial charge in [-0.05, 0) is 42.7 Å². The highest BCUT2D eigenvalue weighted by Crippen LogP contribution is 2.40. The Morgan fingerprint density at radius 3 is 3.04 bits per heavy atom. The molecule has 3 heterocycles. The van der Waals surface area contributed by atoms with E-state index in [1.54, 1.807) is 4.90 Å². The molecule has 0 spiro atoms. The summed E-state index contributed by atoms with van der Waals surface area (Å²) in [6, 6.07) is 6.90. The highest BCUT2D eigenvalue weighted by atomic mass is 16.6. The van der Waals surface area contributed by atoms with Crippen molar-refractivity contribution >= 4 is 22.6 Å². The molecule has 1 fully saturated rings. The molecule has 1 saturated heterocycles. The summed E-state index contributed by atoms with van der Waals surface area (Å²) >= 11 is 0. The van der Waals surface area contributed by atoms with Crippen LogP contribution in [0.15, 0.2) is 30.5 Å². The van der Waals surface area contributed by atoms with E-state index >= 15 is 0 Å². The number of likely N-dealkylation sites (tertiary alicyclic amines) is 1. The highest BCUT2D eigenvalue weighted by molar-refractivity contribution is 5.98. The van der Waals surface area contributed by atoms with E-state index in [-0.39, 0.29) is 12.0 Å². The number of nitrogens with zero attached hydrogens (tertiary/aromatic N) is 2. The summed E-state index contributed by atoms with van der Waals surface area (Å²) in [6.45, 7) is 3.07. The van der Waals surface area contributed by atoms with Gasteiger partial charge in [0.2, 0.25) is 0 Å². The van der Waals surface area contributed by atoms with Crippen LogP contribution in [0.5, 0.6) is 0 Å². The number of hydrogen-bond acceptors (Lipinski definition) is 3. The fraction of sp³-hybridized carbons (Fsp3) is 0.450. The molecule has 1 unspecified atom stereocenters. The Morgan fingerprint density at radius 2 is 2.24 bits per heavy atom. The number of amides is 1. The predicted octanol–water partition coefficient (Wildman–Crippen LogP) is 2.88. The fourth-order valence-corrected chi connectivity index (χ4v) is 4.42. The summed E-state index contributed by atoms with van der Waals surface area (Å²) < 4.78 is 5.55. The normalized spacial score (nSPS) is 25.3. The van der Waals surface area contributed by atoms with Gasteiger partial charge in [0, 0.05) is 48.7 Å². The van der Waals surface area contributed by atoms with Gasteiger partial charge in [-0.2, -0.15) is 0 Å².